The number of hydrogen-bond donors (Lipinski definition) is 1. The maximum atomic E-state index is 12.6. The largest absolute Gasteiger partial charge is 0.481 e. The molecule has 0 aromatic heterocycles. The SMILES string of the molecule is CC#C[C@H](CC(=O)O)c1ccc(-c2ccc(C(F)(F)F)cc2)cc1. The fraction of sp³-hybridized carbons (Fsp3) is 0.211. The molecule has 0 fully saturated rings. The molecule has 0 heterocycles. The molecule has 0 radical (unpaired) electrons. The lowest BCUT2D eigenvalue weighted by Gasteiger charge is -2.11. The van der Waals surface area contributed by atoms with E-state index in [-0.39, 0.29) is 6.42 Å². The second-order valence-corrected chi connectivity index (χ2v) is 5.24. The van der Waals surface area contributed by atoms with Crippen LogP contribution in [0.5, 0.6) is 0 Å². The van der Waals surface area contributed by atoms with E-state index in [0.717, 1.165) is 23.3 Å². The Kier molecular flexibility index (Phi) is 5.30. The average Bonchev–Trinajstić information content (AvgIpc) is 2.54. The van der Waals surface area contributed by atoms with Crippen molar-refractivity contribution in [3.63, 3.8) is 0 Å². The van der Waals surface area contributed by atoms with Crippen molar-refractivity contribution in [3.05, 3.63) is 59.7 Å². The van der Waals surface area contributed by atoms with Crippen LogP contribution in [0.15, 0.2) is 48.5 Å². The summed E-state index contributed by atoms with van der Waals surface area (Å²) in [5.41, 5.74) is 1.49. The molecule has 2 rings (SSSR count). The normalized spacial score (nSPS) is 12.2. The highest BCUT2D eigenvalue weighted by Crippen LogP contribution is 2.31. The van der Waals surface area contributed by atoms with E-state index in [2.05, 4.69) is 11.8 Å². The van der Waals surface area contributed by atoms with Crippen molar-refractivity contribution in [1.29, 1.82) is 0 Å². The van der Waals surface area contributed by atoms with Gasteiger partial charge in [0.2, 0.25) is 0 Å². The first-order valence-electron chi connectivity index (χ1n) is 7.23. The van der Waals surface area contributed by atoms with Gasteiger partial charge in [-0.25, -0.2) is 0 Å². The van der Waals surface area contributed by atoms with Crippen molar-refractivity contribution in [3.8, 4) is 23.0 Å². The number of alkyl halides is 3. The predicted molar refractivity (Wildman–Crippen MR) is 85.3 cm³/mol. The molecular formula is C19H15F3O2. The van der Waals surface area contributed by atoms with Crippen LogP contribution in [0.1, 0.15) is 30.4 Å². The van der Waals surface area contributed by atoms with E-state index in [9.17, 15) is 18.0 Å². The standard InChI is InChI=1S/C19H15F3O2/c1-2-3-16(12-18(23)24)15-6-4-13(5-7-15)14-8-10-17(11-9-14)19(20,21)22/h4-11,16H,12H2,1H3,(H,23,24)/t16-/m1/s1. The smallest absolute Gasteiger partial charge is 0.416 e. The first-order chi connectivity index (χ1) is 11.3. The van der Waals surface area contributed by atoms with Crippen LogP contribution >= 0.6 is 0 Å². The molecule has 24 heavy (non-hydrogen) atoms. The highest BCUT2D eigenvalue weighted by atomic mass is 19.4. The third kappa shape index (κ3) is 4.39. The molecule has 1 N–H and O–H groups in total. The molecule has 0 saturated heterocycles. The van der Waals surface area contributed by atoms with Gasteiger partial charge < -0.3 is 5.11 Å². The van der Waals surface area contributed by atoms with Crippen molar-refractivity contribution in [2.75, 3.05) is 0 Å². The van der Waals surface area contributed by atoms with Gasteiger partial charge in [-0.05, 0) is 35.7 Å². The number of carboxylic acid groups (broad SMARTS) is 1. The number of benzene rings is 2. The second kappa shape index (κ2) is 7.22. The number of rotatable bonds is 4. The fourth-order valence-corrected chi connectivity index (χ4v) is 2.36. The van der Waals surface area contributed by atoms with Gasteiger partial charge in [0.05, 0.1) is 17.9 Å². The first kappa shape index (κ1) is 17.6. The minimum absolute atomic E-state index is 0.0968. The molecule has 0 amide bonds. The molecule has 0 saturated carbocycles. The van der Waals surface area contributed by atoms with Crippen molar-refractivity contribution >= 4 is 5.97 Å². The summed E-state index contributed by atoms with van der Waals surface area (Å²) in [6.45, 7) is 1.64. The van der Waals surface area contributed by atoms with Crippen molar-refractivity contribution in [2.24, 2.45) is 0 Å². The Bertz CT molecular complexity index is 763. The van der Waals surface area contributed by atoms with Gasteiger partial charge in [-0.15, -0.1) is 5.92 Å². The quantitative estimate of drug-likeness (QED) is 0.804. The van der Waals surface area contributed by atoms with E-state index in [1.807, 2.05) is 0 Å². The first-order valence-corrected chi connectivity index (χ1v) is 7.23. The van der Waals surface area contributed by atoms with Crippen LogP contribution in [0.4, 0.5) is 13.2 Å². The van der Waals surface area contributed by atoms with E-state index in [1.54, 1.807) is 31.2 Å². The third-order valence-electron chi connectivity index (χ3n) is 3.56. The Balaban J connectivity index is 2.24. The monoisotopic (exact) mass is 332 g/mol. The van der Waals surface area contributed by atoms with Crippen LogP contribution < -0.4 is 0 Å². The van der Waals surface area contributed by atoms with Crippen LogP contribution in [0.25, 0.3) is 11.1 Å². The molecule has 1 atom stereocenters. The molecule has 0 aliphatic heterocycles. The van der Waals surface area contributed by atoms with Crippen LogP contribution in [0, 0.1) is 11.8 Å². The van der Waals surface area contributed by atoms with Crippen molar-refractivity contribution in [1.82, 2.24) is 0 Å². The third-order valence-corrected chi connectivity index (χ3v) is 3.56. The molecule has 0 unspecified atom stereocenters. The number of hydrogen-bond acceptors (Lipinski definition) is 1. The zero-order valence-electron chi connectivity index (χ0n) is 12.9. The Morgan fingerprint density at radius 1 is 1.04 bits per heavy atom. The lowest BCUT2D eigenvalue weighted by molar-refractivity contribution is -0.138. The number of carbonyl (C=O) groups is 1. The second-order valence-electron chi connectivity index (χ2n) is 5.24. The maximum absolute atomic E-state index is 12.6. The molecule has 2 aromatic carbocycles. The minimum atomic E-state index is -4.36. The molecule has 0 spiro atoms. The molecule has 0 bridgehead atoms. The highest BCUT2D eigenvalue weighted by Gasteiger charge is 2.29. The zero-order chi connectivity index (χ0) is 17.7. The number of carboxylic acids is 1. The van der Waals surface area contributed by atoms with Crippen molar-refractivity contribution in [2.45, 2.75) is 25.4 Å². The Morgan fingerprint density at radius 2 is 1.54 bits per heavy atom. The number of halogens is 3. The summed E-state index contributed by atoms with van der Waals surface area (Å²) in [5, 5.41) is 8.94. The summed E-state index contributed by atoms with van der Waals surface area (Å²) in [6, 6.07) is 11.9. The summed E-state index contributed by atoms with van der Waals surface area (Å²) >= 11 is 0. The van der Waals surface area contributed by atoms with Crippen molar-refractivity contribution < 1.29 is 23.1 Å². The van der Waals surface area contributed by atoms with Gasteiger partial charge in [-0.3, -0.25) is 4.79 Å². The zero-order valence-corrected chi connectivity index (χ0v) is 12.9. The van der Waals surface area contributed by atoms with Gasteiger partial charge in [0.15, 0.2) is 0 Å². The molecular weight excluding hydrogens is 317 g/mol. The van der Waals surface area contributed by atoms with Gasteiger partial charge in [-0.2, -0.15) is 13.2 Å². The van der Waals surface area contributed by atoms with E-state index in [4.69, 9.17) is 5.11 Å². The molecule has 124 valence electrons. The van der Waals surface area contributed by atoms with Crippen LogP contribution in [-0.2, 0) is 11.0 Å². The summed E-state index contributed by atoms with van der Waals surface area (Å²) in [7, 11) is 0. The molecule has 2 aromatic rings. The molecule has 0 aliphatic carbocycles. The van der Waals surface area contributed by atoms with Gasteiger partial charge in [0.25, 0.3) is 0 Å². The minimum Gasteiger partial charge on any atom is -0.481 e. The fourth-order valence-electron chi connectivity index (χ4n) is 2.36. The van der Waals surface area contributed by atoms with Crippen LogP contribution in [-0.4, -0.2) is 11.1 Å². The van der Waals surface area contributed by atoms with E-state index >= 15 is 0 Å². The van der Waals surface area contributed by atoms with E-state index in [1.165, 1.54) is 12.1 Å². The molecule has 2 nitrogen and oxygen atoms in total. The average molecular weight is 332 g/mol. The van der Waals surface area contributed by atoms with Gasteiger partial charge in [-0.1, -0.05) is 42.3 Å². The lowest BCUT2D eigenvalue weighted by atomic mass is 9.94. The van der Waals surface area contributed by atoms with Gasteiger partial charge >= 0.3 is 12.1 Å². The maximum Gasteiger partial charge on any atom is 0.416 e. The summed E-state index contributed by atoms with van der Waals surface area (Å²) < 4.78 is 37.7. The predicted octanol–water partition coefficient (Wildman–Crippen LogP) is 4.95. The summed E-state index contributed by atoms with van der Waals surface area (Å²) in [6.07, 6.45) is -4.45. The highest BCUT2D eigenvalue weighted by molar-refractivity contribution is 5.69. The Morgan fingerprint density at radius 3 is 1.96 bits per heavy atom. The Labute approximate surface area is 137 Å². The summed E-state index contributed by atoms with van der Waals surface area (Å²) in [4.78, 5) is 10.9. The molecule has 0 aliphatic rings. The molecule has 5 heteroatoms. The van der Waals surface area contributed by atoms with E-state index in [0.29, 0.717) is 5.56 Å². The summed E-state index contributed by atoms with van der Waals surface area (Å²) in [5.74, 6) is 4.23. The van der Waals surface area contributed by atoms with Gasteiger partial charge in [0.1, 0.15) is 0 Å². The van der Waals surface area contributed by atoms with Crippen LogP contribution in [0.3, 0.4) is 0 Å². The Hall–Kier alpha value is -2.74. The van der Waals surface area contributed by atoms with Gasteiger partial charge in [0, 0.05) is 0 Å². The van der Waals surface area contributed by atoms with E-state index < -0.39 is 23.6 Å². The lowest BCUT2D eigenvalue weighted by Crippen LogP contribution is -2.04. The van der Waals surface area contributed by atoms with Crippen LogP contribution in [0.2, 0.25) is 0 Å². The topological polar surface area (TPSA) is 37.3 Å². The number of aliphatic carboxylic acids is 1.